The summed E-state index contributed by atoms with van der Waals surface area (Å²) in [6, 6.07) is 36.1. The fraction of sp³-hybridized carbons (Fsp3) is 0.231. The van der Waals surface area contributed by atoms with Gasteiger partial charge < -0.3 is 25.7 Å². The van der Waals surface area contributed by atoms with E-state index in [4.69, 9.17) is 37.3 Å². The van der Waals surface area contributed by atoms with Crippen LogP contribution in [0, 0.1) is 11.8 Å². The Labute approximate surface area is 271 Å². The third kappa shape index (κ3) is 10.4. The molecule has 3 unspecified atom stereocenters. The maximum Gasteiger partial charge on any atom is 0.0854 e. The van der Waals surface area contributed by atoms with E-state index >= 15 is 0 Å². The van der Waals surface area contributed by atoms with E-state index < -0.39 is 0 Å². The van der Waals surface area contributed by atoms with Crippen LogP contribution in [0.3, 0.4) is 0 Å². The Morgan fingerprint density at radius 2 is 1.49 bits per heavy atom. The van der Waals surface area contributed by atoms with Gasteiger partial charge in [0, 0.05) is 35.5 Å². The molecule has 0 amide bonds. The van der Waals surface area contributed by atoms with Crippen LogP contribution in [0.2, 0.25) is 5.02 Å². The molecule has 6 heteroatoms. The summed E-state index contributed by atoms with van der Waals surface area (Å²) >= 11 is 6.63. The van der Waals surface area contributed by atoms with Crippen LogP contribution in [0.5, 0.6) is 0 Å². The van der Waals surface area contributed by atoms with E-state index in [1.165, 1.54) is 0 Å². The van der Waals surface area contributed by atoms with Crippen LogP contribution >= 0.6 is 11.6 Å². The van der Waals surface area contributed by atoms with Crippen molar-refractivity contribution in [1.82, 2.24) is 0 Å². The van der Waals surface area contributed by atoms with Crippen molar-refractivity contribution in [3.63, 3.8) is 0 Å². The molecule has 0 aliphatic carbocycles. The quantitative estimate of drug-likeness (QED) is 0.133. The Balaban J connectivity index is 1.26. The summed E-state index contributed by atoms with van der Waals surface area (Å²) in [6.07, 6.45) is 5.20. The van der Waals surface area contributed by atoms with Gasteiger partial charge in [0.05, 0.1) is 43.8 Å². The molecule has 3 atom stereocenters. The zero-order valence-corrected chi connectivity index (χ0v) is 26.0. The van der Waals surface area contributed by atoms with Crippen molar-refractivity contribution in [2.24, 2.45) is 11.5 Å². The number of hydrogen-bond donors (Lipinski definition) is 2. The lowest BCUT2D eigenvalue weighted by atomic mass is 9.94. The molecule has 4 N–H and O–H groups in total. The molecule has 1 aliphatic rings. The van der Waals surface area contributed by atoms with Gasteiger partial charge in [0.25, 0.3) is 0 Å². The van der Waals surface area contributed by atoms with Gasteiger partial charge in [-0.2, -0.15) is 0 Å². The number of benzene rings is 4. The van der Waals surface area contributed by atoms with Crippen LogP contribution < -0.4 is 11.5 Å². The molecule has 5 nitrogen and oxygen atoms in total. The molecular formula is C39H39ClN2O3. The fourth-order valence-corrected chi connectivity index (χ4v) is 5.40. The highest BCUT2D eigenvalue weighted by Crippen LogP contribution is 2.35. The summed E-state index contributed by atoms with van der Waals surface area (Å²) in [7, 11) is 0. The SMILES string of the molecule is N/C(C#Cc1ccccc1)=C\C=C(/N)Cc1cc(C2CC(OCc3ccccc3)CC(COCc3ccccc3)O2)ccc1Cl. The van der Waals surface area contributed by atoms with Crippen molar-refractivity contribution in [1.29, 1.82) is 0 Å². The van der Waals surface area contributed by atoms with Crippen LogP contribution in [0.1, 0.15) is 46.8 Å². The second-order valence-corrected chi connectivity index (χ2v) is 11.6. The number of rotatable bonds is 11. The van der Waals surface area contributed by atoms with Crippen LogP contribution in [-0.2, 0) is 33.8 Å². The smallest absolute Gasteiger partial charge is 0.0854 e. The molecule has 45 heavy (non-hydrogen) atoms. The molecule has 0 radical (unpaired) electrons. The third-order valence-corrected chi connectivity index (χ3v) is 7.91. The summed E-state index contributed by atoms with van der Waals surface area (Å²) < 4.78 is 19.1. The van der Waals surface area contributed by atoms with E-state index in [0.717, 1.165) is 40.7 Å². The number of nitrogens with two attached hydrogens (primary N) is 2. The molecule has 4 aromatic carbocycles. The molecule has 5 rings (SSSR count). The lowest BCUT2D eigenvalue weighted by molar-refractivity contribution is -0.142. The first-order chi connectivity index (χ1) is 22.0. The van der Waals surface area contributed by atoms with E-state index in [1.54, 1.807) is 12.2 Å². The lowest BCUT2D eigenvalue weighted by Gasteiger charge is -2.36. The molecule has 1 heterocycles. The van der Waals surface area contributed by atoms with Gasteiger partial charge >= 0.3 is 0 Å². The van der Waals surface area contributed by atoms with Crippen molar-refractivity contribution in [3.05, 3.63) is 166 Å². The molecule has 1 aliphatic heterocycles. The van der Waals surface area contributed by atoms with Crippen LogP contribution in [0.4, 0.5) is 0 Å². The van der Waals surface area contributed by atoms with Crippen molar-refractivity contribution in [3.8, 4) is 11.8 Å². The Morgan fingerprint density at radius 1 is 0.822 bits per heavy atom. The minimum atomic E-state index is -0.171. The predicted octanol–water partition coefficient (Wildman–Crippen LogP) is 7.64. The van der Waals surface area contributed by atoms with Gasteiger partial charge in [0.1, 0.15) is 0 Å². The third-order valence-electron chi connectivity index (χ3n) is 7.54. The van der Waals surface area contributed by atoms with Crippen molar-refractivity contribution in [2.75, 3.05) is 6.61 Å². The van der Waals surface area contributed by atoms with Gasteiger partial charge in [-0.1, -0.05) is 109 Å². The zero-order valence-electron chi connectivity index (χ0n) is 25.3. The summed E-state index contributed by atoms with van der Waals surface area (Å²) in [4.78, 5) is 0. The van der Waals surface area contributed by atoms with Gasteiger partial charge in [-0.05, 0) is 58.5 Å². The van der Waals surface area contributed by atoms with E-state index in [2.05, 4.69) is 42.2 Å². The molecule has 1 saturated heterocycles. The Bertz CT molecular complexity index is 1630. The molecule has 4 aromatic rings. The molecule has 1 fully saturated rings. The molecule has 0 spiro atoms. The second kappa shape index (κ2) is 16.7. The summed E-state index contributed by atoms with van der Waals surface area (Å²) in [5.74, 6) is 6.01. The van der Waals surface area contributed by atoms with Crippen molar-refractivity contribution < 1.29 is 14.2 Å². The molecule has 230 valence electrons. The van der Waals surface area contributed by atoms with Gasteiger partial charge in [-0.15, -0.1) is 0 Å². The minimum Gasteiger partial charge on any atom is -0.402 e. The number of ether oxygens (including phenoxy) is 3. The lowest BCUT2D eigenvalue weighted by Crippen LogP contribution is -2.35. The van der Waals surface area contributed by atoms with Crippen molar-refractivity contribution >= 4 is 11.6 Å². The first kappa shape index (κ1) is 32.1. The summed E-state index contributed by atoms with van der Waals surface area (Å²) in [6.45, 7) is 1.57. The molecular weight excluding hydrogens is 580 g/mol. The highest BCUT2D eigenvalue weighted by Gasteiger charge is 2.31. The highest BCUT2D eigenvalue weighted by atomic mass is 35.5. The number of allylic oxidation sites excluding steroid dienone is 4. The number of hydrogen-bond acceptors (Lipinski definition) is 5. The molecule has 0 aromatic heterocycles. The molecule has 0 saturated carbocycles. The first-order valence-electron chi connectivity index (χ1n) is 15.2. The maximum atomic E-state index is 6.63. The van der Waals surface area contributed by atoms with E-state index in [0.29, 0.717) is 42.7 Å². The van der Waals surface area contributed by atoms with Crippen LogP contribution in [0.15, 0.2) is 133 Å². The van der Waals surface area contributed by atoms with E-state index in [9.17, 15) is 0 Å². The van der Waals surface area contributed by atoms with Gasteiger partial charge in [-0.3, -0.25) is 0 Å². The Kier molecular flexibility index (Phi) is 11.9. The normalized spacial score (nSPS) is 18.6. The second-order valence-electron chi connectivity index (χ2n) is 11.1. The standard InChI is InChI=1S/C39H39ClN2O3/c40-38-21-17-32(22-33(38)23-35(42)20-19-34(41)18-16-29-10-4-1-5-11-29)39-25-36(44-27-31-14-8-3-9-15-31)24-37(45-39)28-43-26-30-12-6-2-7-13-30/h1-15,17,19-22,36-37,39H,23-28,41-42H2/b34-19-,35-20-. The van der Waals surface area contributed by atoms with Gasteiger partial charge in [-0.25, -0.2) is 0 Å². The average Bonchev–Trinajstić information content (AvgIpc) is 3.08. The predicted molar refractivity (Wildman–Crippen MR) is 181 cm³/mol. The van der Waals surface area contributed by atoms with Crippen LogP contribution in [0.25, 0.3) is 0 Å². The van der Waals surface area contributed by atoms with E-state index in [1.807, 2.05) is 78.9 Å². The minimum absolute atomic E-state index is 0.0171. The van der Waals surface area contributed by atoms with Gasteiger partial charge in [0.15, 0.2) is 0 Å². The highest BCUT2D eigenvalue weighted by molar-refractivity contribution is 6.31. The topological polar surface area (TPSA) is 79.7 Å². The number of halogens is 1. The van der Waals surface area contributed by atoms with Gasteiger partial charge in [0.2, 0.25) is 0 Å². The first-order valence-corrected chi connectivity index (χ1v) is 15.6. The van der Waals surface area contributed by atoms with E-state index in [-0.39, 0.29) is 18.3 Å². The molecule has 0 bridgehead atoms. The summed E-state index contributed by atoms with van der Waals surface area (Å²) in [5.41, 5.74) is 18.7. The Hall–Kier alpha value is -4.31. The summed E-state index contributed by atoms with van der Waals surface area (Å²) in [5, 5.41) is 0.645. The Morgan fingerprint density at radius 3 is 2.20 bits per heavy atom. The monoisotopic (exact) mass is 618 g/mol. The maximum absolute atomic E-state index is 6.63. The van der Waals surface area contributed by atoms with Crippen LogP contribution in [-0.4, -0.2) is 18.8 Å². The zero-order chi connectivity index (χ0) is 31.3. The fourth-order valence-electron chi connectivity index (χ4n) is 5.21. The van der Waals surface area contributed by atoms with Crippen molar-refractivity contribution in [2.45, 2.75) is 50.8 Å². The largest absolute Gasteiger partial charge is 0.402 e. The average molecular weight is 619 g/mol.